The van der Waals surface area contributed by atoms with Crippen LogP contribution in [0.3, 0.4) is 0 Å². The standard InChI is InChI=1S/C42H31OP.C12H10.BrH/c43-39-21-23-40(24-22-39)44(41-27-35(31-13-5-1-6-14-31)25-36(28-41)32-15-7-2-8-16-32)42-29-37(33-17-9-3-10-18-33)26-38(30-42)34-19-11-4-12-20-34;1-3-7-11(8-4-1)12-9-5-2-6-10-12;/h1-30,43H;1-10H;1H. The van der Waals surface area contributed by atoms with E-state index in [-0.39, 0.29) is 22.7 Å². The smallest absolute Gasteiger partial charge is 0.115 e. The molecule has 0 spiro atoms. The van der Waals surface area contributed by atoms with Crippen LogP contribution in [-0.4, -0.2) is 5.11 Å². The molecule has 1 N–H and O–H groups in total. The second-order valence-electron chi connectivity index (χ2n) is 13.7. The average Bonchev–Trinajstić information content (AvgIpc) is 3.29. The Morgan fingerprint density at radius 3 is 0.702 bits per heavy atom. The number of halogens is 1. The lowest BCUT2D eigenvalue weighted by Gasteiger charge is -2.17. The summed E-state index contributed by atoms with van der Waals surface area (Å²) >= 11 is 0. The van der Waals surface area contributed by atoms with Crippen molar-refractivity contribution < 1.29 is 22.1 Å². The van der Waals surface area contributed by atoms with E-state index in [1.807, 2.05) is 24.3 Å². The van der Waals surface area contributed by atoms with Gasteiger partial charge in [0.1, 0.15) is 21.7 Å². The first kappa shape index (κ1) is 38.9. The van der Waals surface area contributed by atoms with Crippen LogP contribution in [0.1, 0.15) is 0 Å². The highest BCUT2D eigenvalue weighted by Gasteiger charge is 2.28. The molecule has 57 heavy (non-hydrogen) atoms. The van der Waals surface area contributed by atoms with Crippen LogP contribution in [0, 0.1) is 0 Å². The fourth-order valence-electron chi connectivity index (χ4n) is 7.12. The minimum atomic E-state index is -1.52. The minimum Gasteiger partial charge on any atom is -1.00 e. The summed E-state index contributed by atoms with van der Waals surface area (Å²) in [6, 6.07) is 85.3. The predicted octanol–water partition coefficient (Wildman–Crippen LogP) is 9.91. The fraction of sp³-hybridized carbons (Fsp3) is 0. The summed E-state index contributed by atoms with van der Waals surface area (Å²) in [6.07, 6.45) is 0. The molecule has 0 saturated heterocycles. The molecule has 0 aliphatic heterocycles. The van der Waals surface area contributed by atoms with Crippen LogP contribution in [0.15, 0.2) is 243 Å². The summed E-state index contributed by atoms with van der Waals surface area (Å²) in [4.78, 5) is 0. The van der Waals surface area contributed by atoms with Crippen molar-refractivity contribution in [3.05, 3.63) is 243 Å². The summed E-state index contributed by atoms with van der Waals surface area (Å²) in [5, 5.41) is 14.1. The van der Waals surface area contributed by atoms with Crippen molar-refractivity contribution in [2.45, 2.75) is 0 Å². The lowest BCUT2D eigenvalue weighted by Crippen LogP contribution is -3.00. The zero-order chi connectivity index (χ0) is 37.9. The zero-order valence-corrected chi connectivity index (χ0v) is 34.0. The molecule has 3 heteroatoms. The first-order chi connectivity index (χ1) is 27.7. The quantitative estimate of drug-likeness (QED) is 0.152. The van der Waals surface area contributed by atoms with E-state index in [2.05, 4.69) is 218 Å². The number of hydrogen-bond donors (Lipinski definition) is 1. The fourth-order valence-corrected chi connectivity index (χ4v) is 9.82. The molecule has 0 amide bonds. The average molecular weight is 818 g/mol. The van der Waals surface area contributed by atoms with Crippen molar-refractivity contribution in [2.24, 2.45) is 0 Å². The highest BCUT2D eigenvalue weighted by atomic mass is 79.9. The number of rotatable bonds is 8. The Bertz CT molecular complexity index is 2320. The van der Waals surface area contributed by atoms with Crippen LogP contribution in [-0.2, 0) is 0 Å². The summed E-state index contributed by atoms with van der Waals surface area (Å²) in [5.74, 6) is 0.279. The molecule has 0 aliphatic rings. The molecule has 0 saturated carbocycles. The lowest BCUT2D eigenvalue weighted by atomic mass is 9.99. The van der Waals surface area contributed by atoms with Crippen LogP contribution >= 0.6 is 7.92 Å². The third kappa shape index (κ3) is 9.74. The number of hydrogen-bond acceptors (Lipinski definition) is 1. The van der Waals surface area contributed by atoms with Gasteiger partial charge < -0.3 is 22.1 Å². The van der Waals surface area contributed by atoms with Gasteiger partial charge in [-0.3, -0.25) is 0 Å². The van der Waals surface area contributed by atoms with Gasteiger partial charge in [0.25, 0.3) is 0 Å². The van der Waals surface area contributed by atoms with Crippen molar-refractivity contribution in [2.75, 3.05) is 0 Å². The van der Waals surface area contributed by atoms with Crippen molar-refractivity contribution >= 4 is 23.8 Å². The van der Waals surface area contributed by atoms with Crippen LogP contribution in [0.25, 0.3) is 55.6 Å². The van der Waals surface area contributed by atoms with E-state index in [0.29, 0.717) is 0 Å². The van der Waals surface area contributed by atoms with E-state index in [1.54, 1.807) is 0 Å². The van der Waals surface area contributed by atoms with Gasteiger partial charge in [-0.15, -0.1) is 0 Å². The Balaban J connectivity index is 0.000000326. The van der Waals surface area contributed by atoms with Crippen molar-refractivity contribution in [3.63, 3.8) is 0 Å². The number of phenols is 1. The van der Waals surface area contributed by atoms with E-state index in [1.165, 1.54) is 71.5 Å². The molecule has 276 valence electrons. The molecule has 0 heterocycles. The molecule has 9 aromatic carbocycles. The lowest BCUT2D eigenvalue weighted by molar-refractivity contribution is -0.0000116. The number of aromatic hydroxyl groups is 1. The number of benzene rings is 9. The maximum Gasteiger partial charge on any atom is 0.115 e. The Labute approximate surface area is 348 Å². The summed E-state index contributed by atoms with van der Waals surface area (Å²) in [5.41, 5.74) is 12.1. The molecule has 9 rings (SSSR count). The first-order valence-electron chi connectivity index (χ1n) is 19.0. The molecule has 0 fully saturated rings. The summed E-state index contributed by atoms with van der Waals surface area (Å²) < 4.78 is 0. The largest absolute Gasteiger partial charge is 1.00 e. The first-order valence-corrected chi connectivity index (χ1v) is 20.5. The van der Waals surface area contributed by atoms with Crippen molar-refractivity contribution in [1.82, 2.24) is 0 Å². The topological polar surface area (TPSA) is 20.2 Å². The van der Waals surface area contributed by atoms with Gasteiger partial charge >= 0.3 is 0 Å². The third-order valence-corrected chi connectivity index (χ3v) is 12.6. The van der Waals surface area contributed by atoms with Crippen LogP contribution in [0.2, 0.25) is 0 Å². The van der Waals surface area contributed by atoms with E-state index >= 15 is 0 Å². The SMILES string of the molecule is Oc1ccc([PH+](c2cc(-c3ccccc3)cc(-c3ccccc3)c2)c2cc(-c3ccccc3)cc(-c3ccccc3)c2)cc1.[Br-].c1ccc(-c2ccccc2)cc1. The van der Waals surface area contributed by atoms with Gasteiger partial charge in [0.15, 0.2) is 0 Å². The Morgan fingerprint density at radius 1 is 0.228 bits per heavy atom. The van der Waals surface area contributed by atoms with E-state index < -0.39 is 7.92 Å². The molecule has 0 aliphatic carbocycles. The highest BCUT2D eigenvalue weighted by Crippen LogP contribution is 2.40. The molecule has 0 bridgehead atoms. The van der Waals surface area contributed by atoms with Gasteiger partial charge in [-0.1, -0.05) is 182 Å². The second-order valence-corrected chi connectivity index (χ2v) is 16.2. The maximum atomic E-state index is 10.3. The maximum absolute atomic E-state index is 10.3. The monoisotopic (exact) mass is 816 g/mol. The molecule has 0 radical (unpaired) electrons. The zero-order valence-electron chi connectivity index (χ0n) is 31.4. The molecule has 0 aromatic heterocycles. The molecular formula is C54H42BrOP. The van der Waals surface area contributed by atoms with Gasteiger partial charge in [0, 0.05) is 0 Å². The Kier molecular flexibility index (Phi) is 13.0. The third-order valence-electron chi connectivity index (χ3n) is 9.91. The normalized spacial score (nSPS) is 10.5. The number of phenolic OH excluding ortho intramolecular Hbond substituents is 1. The van der Waals surface area contributed by atoms with Gasteiger partial charge in [-0.25, -0.2) is 0 Å². The predicted molar refractivity (Wildman–Crippen MR) is 242 cm³/mol. The summed E-state index contributed by atoms with van der Waals surface area (Å²) in [6.45, 7) is 0. The van der Waals surface area contributed by atoms with Crippen molar-refractivity contribution in [3.8, 4) is 61.4 Å². The molecule has 0 unspecified atom stereocenters. The van der Waals surface area contributed by atoms with Crippen LogP contribution in [0.5, 0.6) is 5.75 Å². The van der Waals surface area contributed by atoms with Gasteiger partial charge in [0.05, 0.1) is 7.92 Å². The van der Waals surface area contributed by atoms with Crippen LogP contribution in [0.4, 0.5) is 0 Å². The van der Waals surface area contributed by atoms with Crippen LogP contribution < -0.4 is 32.9 Å². The Morgan fingerprint density at radius 2 is 0.456 bits per heavy atom. The molecule has 9 aromatic rings. The molecule has 1 nitrogen and oxygen atoms in total. The minimum absolute atomic E-state index is 0. The van der Waals surface area contributed by atoms with Gasteiger partial charge in [-0.2, -0.15) is 0 Å². The molecule has 0 atom stereocenters. The van der Waals surface area contributed by atoms with Crippen molar-refractivity contribution in [1.29, 1.82) is 0 Å². The van der Waals surface area contributed by atoms with Gasteiger partial charge in [-0.05, 0) is 116 Å². The van der Waals surface area contributed by atoms with E-state index in [4.69, 9.17) is 0 Å². The highest BCUT2D eigenvalue weighted by molar-refractivity contribution is 7.79. The van der Waals surface area contributed by atoms with E-state index in [9.17, 15) is 5.11 Å². The van der Waals surface area contributed by atoms with E-state index in [0.717, 1.165) is 0 Å². The Hall–Kier alpha value is -6.31. The van der Waals surface area contributed by atoms with Gasteiger partial charge in [0.2, 0.25) is 0 Å². The molecular weight excluding hydrogens is 775 g/mol. The summed E-state index contributed by atoms with van der Waals surface area (Å²) in [7, 11) is -1.52. The second kappa shape index (κ2) is 19.0.